The summed E-state index contributed by atoms with van der Waals surface area (Å²) in [6.45, 7) is 8.13. The van der Waals surface area contributed by atoms with E-state index < -0.39 is 6.10 Å². The second-order valence-corrected chi connectivity index (χ2v) is 6.86. The number of ether oxygens (including phenoxy) is 1. The van der Waals surface area contributed by atoms with E-state index in [1.165, 1.54) is 5.56 Å². The zero-order valence-electron chi connectivity index (χ0n) is 16.7. The Labute approximate surface area is 164 Å². The van der Waals surface area contributed by atoms with E-state index >= 15 is 0 Å². The zero-order valence-corrected chi connectivity index (χ0v) is 16.7. The maximum Gasteiger partial charge on any atom is 0.261 e. The van der Waals surface area contributed by atoms with Crippen molar-refractivity contribution in [1.82, 2.24) is 15.5 Å². The van der Waals surface area contributed by atoms with Crippen molar-refractivity contribution in [3.8, 4) is 17.1 Å². The maximum absolute atomic E-state index is 12.5. The van der Waals surface area contributed by atoms with Crippen LogP contribution in [0.4, 0.5) is 0 Å². The van der Waals surface area contributed by atoms with Crippen LogP contribution in [-0.2, 0) is 11.3 Å². The third-order valence-electron chi connectivity index (χ3n) is 4.58. The zero-order chi connectivity index (χ0) is 20.1. The van der Waals surface area contributed by atoms with Crippen molar-refractivity contribution in [2.24, 2.45) is 0 Å². The van der Waals surface area contributed by atoms with Gasteiger partial charge in [-0.05, 0) is 56.5 Å². The predicted molar refractivity (Wildman–Crippen MR) is 107 cm³/mol. The summed E-state index contributed by atoms with van der Waals surface area (Å²) in [5.74, 6) is 1.33. The Morgan fingerprint density at radius 3 is 2.68 bits per heavy atom. The van der Waals surface area contributed by atoms with Crippen molar-refractivity contribution < 1.29 is 14.1 Å². The summed E-state index contributed by atoms with van der Waals surface area (Å²) in [6, 6.07) is 13.7. The van der Waals surface area contributed by atoms with E-state index in [1.54, 1.807) is 0 Å². The van der Waals surface area contributed by atoms with Gasteiger partial charge in [0.1, 0.15) is 5.75 Å². The lowest BCUT2D eigenvalue weighted by Gasteiger charge is -2.17. The van der Waals surface area contributed by atoms with Crippen LogP contribution in [0.25, 0.3) is 11.4 Å². The highest BCUT2D eigenvalue weighted by molar-refractivity contribution is 5.81. The van der Waals surface area contributed by atoms with E-state index in [1.807, 2.05) is 70.2 Å². The number of amides is 1. The Bertz CT molecular complexity index is 965. The highest BCUT2D eigenvalue weighted by Gasteiger charge is 2.19. The summed E-state index contributed by atoms with van der Waals surface area (Å²) in [7, 11) is 0. The third kappa shape index (κ3) is 4.76. The molecule has 3 aromatic rings. The molecule has 2 aromatic carbocycles. The monoisotopic (exact) mass is 379 g/mol. The molecule has 0 aliphatic heterocycles. The Hall–Kier alpha value is -3.15. The molecular formula is C22H25N3O3. The highest BCUT2D eigenvalue weighted by Crippen LogP contribution is 2.19. The van der Waals surface area contributed by atoms with Crippen molar-refractivity contribution >= 4 is 5.91 Å². The molecule has 1 amide bonds. The molecule has 6 nitrogen and oxygen atoms in total. The first-order valence-corrected chi connectivity index (χ1v) is 9.37. The van der Waals surface area contributed by atoms with Crippen LogP contribution in [-0.4, -0.2) is 22.2 Å². The van der Waals surface area contributed by atoms with Crippen molar-refractivity contribution in [3.05, 3.63) is 65.0 Å². The SMILES string of the molecule is CCC(Oc1ccc(C)c(C)c1)C(=O)NCc1nc(-c2cccc(C)c2)no1. The van der Waals surface area contributed by atoms with Crippen LogP contribution < -0.4 is 10.1 Å². The molecule has 1 unspecified atom stereocenters. The van der Waals surface area contributed by atoms with Gasteiger partial charge in [0, 0.05) is 5.56 Å². The normalized spacial score (nSPS) is 11.9. The van der Waals surface area contributed by atoms with Crippen molar-refractivity contribution in [1.29, 1.82) is 0 Å². The number of carbonyl (C=O) groups is 1. The summed E-state index contributed by atoms with van der Waals surface area (Å²) in [5.41, 5.74) is 4.31. The van der Waals surface area contributed by atoms with Crippen molar-refractivity contribution in [3.63, 3.8) is 0 Å². The average molecular weight is 379 g/mol. The number of rotatable bonds is 7. The summed E-state index contributed by atoms with van der Waals surface area (Å²) in [5, 5.41) is 6.80. The quantitative estimate of drug-likeness (QED) is 0.668. The summed E-state index contributed by atoms with van der Waals surface area (Å²) >= 11 is 0. The van der Waals surface area contributed by atoms with Gasteiger partial charge in [0.2, 0.25) is 11.7 Å². The first-order chi connectivity index (χ1) is 13.5. The topological polar surface area (TPSA) is 77.2 Å². The van der Waals surface area contributed by atoms with Gasteiger partial charge in [-0.1, -0.05) is 41.9 Å². The van der Waals surface area contributed by atoms with Crippen molar-refractivity contribution in [2.45, 2.75) is 46.8 Å². The Balaban J connectivity index is 1.60. The lowest BCUT2D eigenvalue weighted by molar-refractivity contribution is -0.128. The van der Waals surface area contributed by atoms with Crippen LogP contribution in [0.5, 0.6) is 5.75 Å². The van der Waals surface area contributed by atoms with E-state index in [0.717, 1.165) is 16.7 Å². The van der Waals surface area contributed by atoms with Gasteiger partial charge in [0.05, 0.1) is 6.54 Å². The van der Waals surface area contributed by atoms with Gasteiger partial charge in [0.25, 0.3) is 5.91 Å². The summed E-state index contributed by atoms with van der Waals surface area (Å²) in [6.07, 6.45) is -0.0294. The largest absolute Gasteiger partial charge is 0.481 e. The lowest BCUT2D eigenvalue weighted by Crippen LogP contribution is -2.37. The van der Waals surface area contributed by atoms with Crippen LogP contribution in [0.1, 0.15) is 35.9 Å². The minimum absolute atomic E-state index is 0.157. The Morgan fingerprint density at radius 1 is 1.14 bits per heavy atom. The molecule has 1 aromatic heterocycles. The molecule has 0 radical (unpaired) electrons. The minimum atomic E-state index is -0.582. The number of carbonyl (C=O) groups excluding carboxylic acids is 1. The minimum Gasteiger partial charge on any atom is -0.481 e. The molecule has 0 spiro atoms. The predicted octanol–water partition coefficient (Wildman–Crippen LogP) is 4.14. The third-order valence-corrected chi connectivity index (χ3v) is 4.58. The van der Waals surface area contributed by atoms with Crippen LogP contribution >= 0.6 is 0 Å². The molecule has 1 heterocycles. The van der Waals surface area contributed by atoms with Gasteiger partial charge < -0.3 is 14.6 Å². The standard InChI is InChI=1S/C22H25N3O3/c1-5-19(27-18-10-9-15(3)16(4)12-18)22(26)23-13-20-24-21(25-28-20)17-8-6-7-14(2)11-17/h6-12,19H,5,13H2,1-4H3,(H,23,26). The fourth-order valence-corrected chi connectivity index (χ4v) is 2.78. The molecule has 3 rings (SSSR count). The molecule has 0 fully saturated rings. The number of aryl methyl sites for hydroxylation is 3. The molecule has 6 heteroatoms. The van der Waals surface area contributed by atoms with E-state index in [4.69, 9.17) is 9.26 Å². The number of aromatic nitrogens is 2. The van der Waals surface area contributed by atoms with Crippen LogP contribution in [0, 0.1) is 20.8 Å². The molecule has 0 saturated heterocycles. The smallest absolute Gasteiger partial charge is 0.261 e. The van der Waals surface area contributed by atoms with Crippen molar-refractivity contribution in [2.75, 3.05) is 0 Å². The first-order valence-electron chi connectivity index (χ1n) is 9.37. The Morgan fingerprint density at radius 2 is 1.96 bits per heavy atom. The molecule has 0 bridgehead atoms. The number of benzene rings is 2. The first kappa shape index (κ1) is 19.6. The van der Waals surface area contributed by atoms with Crippen LogP contribution in [0.15, 0.2) is 47.0 Å². The Kier molecular flexibility index (Phi) is 6.09. The maximum atomic E-state index is 12.5. The number of nitrogens with one attached hydrogen (secondary N) is 1. The summed E-state index contributed by atoms with van der Waals surface area (Å²) in [4.78, 5) is 16.9. The van der Waals surface area contributed by atoms with E-state index in [0.29, 0.717) is 23.9 Å². The highest BCUT2D eigenvalue weighted by atomic mass is 16.5. The molecule has 0 saturated carbocycles. The van der Waals surface area contributed by atoms with Gasteiger partial charge >= 0.3 is 0 Å². The van der Waals surface area contributed by atoms with Gasteiger partial charge in [0.15, 0.2) is 6.10 Å². The molecule has 146 valence electrons. The van der Waals surface area contributed by atoms with E-state index in [9.17, 15) is 4.79 Å². The lowest BCUT2D eigenvalue weighted by atomic mass is 10.1. The summed E-state index contributed by atoms with van der Waals surface area (Å²) < 4.78 is 11.1. The fraction of sp³-hybridized carbons (Fsp3) is 0.318. The van der Waals surface area contributed by atoms with Gasteiger partial charge in [-0.25, -0.2) is 0 Å². The molecule has 1 N–H and O–H groups in total. The van der Waals surface area contributed by atoms with Gasteiger partial charge in [-0.15, -0.1) is 0 Å². The molecule has 0 aliphatic carbocycles. The molecular weight excluding hydrogens is 354 g/mol. The second kappa shape index (κ2) is 8.69. The molecule has 1 atom stereocenters. The molecule has 28 heavy (non-hydrogen) atoms. The number of nitrogens with zero attached hydrogens (tertiary/aromatic N) is 2. The van der Waals surface area contributed by atoms with E-state index in [-0.39, 0.29) is 12.5 Å². The number of hydrogen-bond donors (Lipinski definition) is 1. The second-order valence-electron chi connectivity index (χ2n) is 6.86. The number of hydrogen-bond acceptors (Lipinski definition) is 5. The van der Waals surface area contributed by atoms with Crippen LogP contribution in [0.3, 0.4) is 0 Å². The van der Waals surface area contributed by atoms with E-state index in [2.05, 4.69) is 15.5 Å². The fourth-order valence-electron chi connectivity index (χ4n) is 2.78. The molecule has 0 aliphatic rings. The van der Waals surface area contributed by atoms with Gasteiger partial charge in [-0.2, -0.15) is 4.98 Å². The van der Waals surface area contributed by atoms with Crippen LogP contribution in [0.2, 0.25) is 0 Å². The van der Waals surface area contributed by atoms with Gasteiger partial charge in [-0.3, -0.25) is 4.79 Å². The average Bonchev–Trinajstić information content (AvgIpc) is 3.16.